The van der Waals surface area contributed by atoms with Gasteiger partial charge in [-0.2, -0.15) is 0 Å². The zero-order valence-corrected chi connectivity index (χ0v) is 16.2. The van der Waals surface area contributed by atoms with E-state index in [1.54, 1.807) is 0 Å². The SMILES string of the molecule is C=C(C)/C=C\C(=C\F)CN1CCC(N(CCC)C(CC)CC)CC1. The molecule has 0 N–H and O–H groups in total. The highest BCUT2D eigenvalue weighted by Crippen LogP contribution is 2.22. The van der Waals surface area contributed by atoms with E-state index in [9.17, 15) is 4.39 Å². The number of piperidine rings is 1. The second-order valence-corrected chi connectivity index (χ2v) is 7.08. The predicted octanol–water partition coefficient (Wildman–Crippen LogP) is 5.34. The molecule has 0 bridgehead atoms. The summed E-state index contributed by atoms with van der Waals surface area (Å²) in [4.78, 5) is 5.12. The van der Waals surface area contributed by atoms with Crippen LogP contribution in [0.3, 0.4) is 0 Å². The Kier molecular flexibility index (Phi) is 10.2. The predicted molar refractivity (Wildman–Crippen MR) is 104 cm³/mol. The number of hydrogen-bond acceptors (Lipinski definition) is 2. The van der Waals surface area contributed by atoms with Crippen LogP contribution in [0, 0.1) is 0 Å². The fourth-order valence-corrected chi connectivity index (χ4v) is 3.72. The van der Waals surface area contributed by atoms with Crippen molar-refractivity contribution in [2.24, 2.45) is 0 Å². The summed E-state index contributed by atoms with van der Waals surface area (Å²) in [6, 6.07) is 1.40. The lowest BCUT2D eigenvalue weighted by Crippen LogP contribution is -2.49. The molecule has 1 rings (SSSR count). The Morgan fingerprint density at radius 2 is 1.83 bits per heavy atom. The van der Waals surface area contributed by atoms with Gasteiger partial charge in [-0.1, -0.05) is 45.1 Å². The summed E-state index contributed by atoms with van der Waals surface area (Å²) >= 11 is 0. The molecule has 0 spiro atoms. The van der Waals surface area contributed by atoms with Gasteiger partial charge in [-0.05, 0) is 64.2 Å². The van der Waals surface area contributed by atoms with Gasteiger partial charge >= 0.3 is 0 Å². The molecule has 1 fully saturated rings. The molecule has 1 aliphatic heterocycles. The molecule has 0 saturated carbocycles. The van der Waals surface area contributed by atoms with Gasteiger partial charge in [0, 0.05) is 18.6 Å². The Labute approximate surface area is 149 Å². The summed E-state index contributed by atoms with van der Waals surface area (Å²) in [5, 5.41) is 0. The topological polar surface area (TPSA) is 6.48 Å². The van der Waals surface area contributed by atoms with Gasteiger partial charge in [-0.15, -0.1) is 0 Å². The van der Waals surface area contributed by atoms with Crippen LogP contribution in [0.4, 0.5) is 4.39 Å². The normalized spacial score (nSPS) is 18.2. The molecule has 0 aromatic heterocycles. The highest BCUT2D eigenvalue weighted by molar-refractivity contribution is 5.25. The van der Waals surface area contributed by atoms with E-state index in [0.717, 1.165) is 30.6 Å². The van der Waals surface area contributed by atoms with Gasteiger partial charge in [-0.25, -0.2) is 4.39 Å². The summed E-state index contributed by atoms with van der Waals surface area (Å²) in [7, 11) is 0. The van der Waals surface area contributed by atoms with Crippen molar-refractivity contribution in [1.82, 2.24) is 9.80 Å². The van der Waals surface area contributed by atoms with Crippen LogP contribution in [0.25, 0.3) is 0 Å². The lowest BCUT2D eigenvalue weighted by molar-refractivity contribution is 0.0722. The minimum absolute atomic E-state index is 0.690. The van der Waals surface area contributed by atoms with Gasteiger partial charge in [0.05, 0.1) is 6.33 Å². The maximum Gasteiger partial charge on any atom is 0.0911 e. The van der Waals surface area contributed by atoms with Crippen LogP contribution in [0.15, 0.2) is 36.2 Å². The first-order valence-electron chi connectivity index (χ1n) is 9.66. The summed E-state index contributed by atoms with van der Waals surface area (Å²) in [5.41, 5.74) is 1.69. The van der Waals surface area contributed by atoms with Gasteiger partial charge in [0.1, 0.15) is 0 Å². The van der Waals surface area contributed by atoms with E-state index in [1.807, 2.05) is 19.1 Å². The maximum absolute atomic E-state index is 13.1. The molecule has 1 heterocycles. The van der Waals surface area contributed by atoms with Gasteiger partial charge in [-0.3, -0.25) is 9.80 Å². The smallest absolute Gasteiger partial charge is 0.0911 e. The monoisotopic (exact) mass is 336 g/mol. The third kappa shape index (κ3) is 6.90. The van der Waals surface area contributed by atoms with Crippen LogP contribution < -0.4 is 0 Å². The third-order valence-electron chi connectivity index (χ3n) is 5.05. The second kappa shape index (κ2) is 11.6. The molecule has 3 heteroatoms. The number of rotatable bonds is 10. The molecule has 138 valence electrons. The lowest BCUT2D eigenvalue weighted by Gasteiger charge is -2.42. The highest BCUT2D eigenvalue weighted by Gasteiger charge is 2.27. The van der Waals surface area contributed by atoms with Gasteiger partial charge < -0.3 is 0 Å². The van der Waals surface area contributed by atoms with E-state index >= 15 is 0 Å². The molecular weight excluding hydrogens is 299 g/mol. The van der Waals surface area contributed by atoms with Crippen molar-refractivity contribution in [2.45, 2.75) is 71.9 Å². The zero-order valence-electron chi connectivity index (χ0n) is 16.2. The van der Waals surface area contributed by atoms with Crippen molar-refractivity contribution in [3.8, 4) is 0 Å². The van der Waals surface area contributed by atoms with Crippen LogP contribution in [0.5, 0.6) is 0 Å². The number of halogens is 1. The second-order valence-electron chi connectivity index (χ2n) is 7.08. The van der Waals surface area contributed by atoms with Crippen molar-refractivity contribution < 1.29 is 4.39 Å². The average Bonchev–Trinajstić information content (AvgIpc) is 2.59. The highest BCUT2D eigenvalue weighted by atomic mass is 19.1. The van der Waals surface area contributed by atoms with E-state index in [1.165, 1.54) is 38.6 Å². The van der Waals surface area contributed by atoms with Crippen molar-refractivity contribution in [1.29, 1.82) is 0 Å². The fraction of sp³-hybridized carbons (Fsp3) is 0.714. The van der Waals surface area contributed by atoms with Crippen LogP contribution in [0.1, 0.15) is 59.8 Å². The Morgan fingerprint density at radius 1 is 1.21 bits per heavy atom. The third-order valence-corrected chi connectivity index (χ3v) is 5.05. The molecule has 0 amide bonds. The lowest BCUT2D eigenvalue weighted by atomic mass is 9.98. The molecule has 0 aromatic carbocycles. The van der Waals surface area contributed by atoms with Crippen molar-refractivity contribution in [3.63, 3.8) is 0 Å². The van der Waals surface area contributed by atoms with E-state index in [2.05, 4.69) is 37.1 Å². The number of nitrogens with zero attached hydrogens (tertiary/aromatic N) is 2. The first-order valence-corrected chi connectivity index (χ1v) is 9.66. The van der Waals surface area contributed by atoms with Crippen molar-refractivity contribution >= 4 is 0 Å². The molecule has 1 aliphatic rings. The molecule has 0 aromatic rings. The largest absolute Gasteiger partial charge is 0.299 e. The first-order chi connectivity index (χ1) is 11.5. The minimum Gasteiger partial charge on any atom is -0.299 e. The Bertz CT molecular complexity index is 416. The number of likely N-dealkylation sites (tertiary alicyclic amines) is 1. The quantitative estimate of drug-likeness (QED) is 0.497. The number of allylic oxidation sites excluding steroid dienone is 2. The minimum atomic E-state index is 0.690. The van der Waals surface area contributed by atoms with Gasteiger partial charge in [0.15, 0.2) is 0 Å². The molecule has 0 aliphatic carbocycles. The molecular formula is C21H37FN2. The van der Waals surface area contributed by atoms with Crippen LogP contribution in [-0.4, -0.2) is 48.1 Å². The molecule has 0 atom stereocenters. The van der Waals surface area contributed by atoms with E-state index in [-0.39, 0.29) is 0 Å². The fourth-order valence-electron chi connectivity index (χ4n) is 3.72. The molecule has 0 unspecified atom stereocenters. The molecule has 2 nitrogen and oxygen atoms in total. The van der Waals surface area contributed by atoms with E-state index in [4.69, 9.17) is 0 Å². The van der Waals surface area contributed by atoms with Gasteiger partial charge in [0.25, 0.3) is 0 Å². The summed E-state index contributed by atoms with van der Waals surface area (Å²) < 4.78 is 13.1. The zero-order chi connectivity index (χ0) is 17.9. The van der Waals surface area contributed by atoms with Crippen LogP contribution in [-0.2, 0) is 0 Å². The Hall–Kier alpha value is -0.930. The molecule has 1 saturated heterocycles. The standard InChI is InChI=1S/C21H37FN2/c1-6-13-24(20(7-2)8-3)21-11-14-23(15-12-21)17-19(16-22)10-9-18(4)5/h9-10,16,20-21H,4,6-8,11-15,17H2,1-3,5H3/b10-9-,19-16-. The number of hydrogen-bond donors (Lipinski definition) is 0. The first kappa shape index (κ1) is 21.1. The van der Waals surface area contributed by atoms with E-state index < -0.39 is 0 Å². The molecule has 0 radical (unpaired) electrons. The van der Waals surface area contributed by atoms with Crippen molar-refractivity contribution in [3.05, 3.63) is 36.2 Å². The summed E-state index contributed by atoms with van der Waals surface area (Å²) in [6.45, 7) is 16.7. The molecule has 24 heavy (non-hydrogen) atoms. The Morgan fingerprint density at radius 3 is 2.29 bits per heavy atom. The average molecular weight is 337 g/mol. The van der Waals surface area contributed by atoms with Crippen molar-refractivity contribution in [2.75, 3.05) is 26.2 Å². The maximum atomic E-state index is 13.1. The summed E-state index contributed by atoms with van der Waals surface area (Å²) in [5.74, 6) is 0. The van der Waals surface area contributed by atoms with Crippen LogP contribution in [0.2, 0.25) is 0 Å². The Balaban J connectivity index is 2.56. The van der Waals surface area contributed by atoms with Gasteiger partial charge in [0.2, 0.25) is 0 Å². The van der Waals surface area contributed by atoms with E-state index in [0.29, 0.717) is 18.6 Å². The summed E-state index contributed by atoms with van der Waals surface area (Å²) in [6.07, 6.45) is 10.5. The van der Waals surface area contributed by atoms with Crippen LogP contribution >= 0.6 is 0 Å².